The average Bonchev–Trinajstić information content (AvgIpc) is 2.70. The normalized spacial score (nSPS) is 16.9. The minimum atomic E-state index is -0.474. The van der Waals surface area contributed by atoms with E-state index in [-0.39, 0.29) is 0 Å². The topological polar surface area (TPSA) is 71.8 Å². The quantitative estimate of drug-likeness (QED) is 0.644. The van der Waals surface area contributed by atoms with Crippen LogP contribution in [-0.2, 0) is 6.42 Å². The molecule has 4 heteroatoms. The van der Waals surface area contributed by atoms with Gasteiger partial charge in [0.15, 0.2) is 5.69 Å². The number of primary amides is 1. The van der Waals surface area contributed by atoms with Crippen LogP contribution in [0.15, 0.2) is 17.2 Å². The number of allylic oxidation sites excluding steroid dienone is 3. The van der Waals surface area contributed by atoms with Gasteiger partial charge >= 0.3 is 0 Å². The molecule has 0 saturated heterocycles. The van der Waals surface area contributed by atoms with Gasteiger partial charge in [-0.1, -0.05) is 6.08 Å². The Morgan fingerprint density at radius 1 is 1.54 bits per heavy atom. The highest BCUT2D eigenvalue weighted by Crippen LogP contribution is 2.38. The molecule has 0 bridgehead atoms. The van der Waals surface area contributed by atoms with Crippen molar-refractivity contribution in [2.24, 2.45) is 5.73 Å². The fourth-order valence-electron chi connectivity index (χ4n) is 1.65. The lowest BCUT2D eigenvalue weighted by Crippen LogP contribution is -2.13. The van der Waals surface area contributed by atoms with Crippen LogP contribution in [0.5, 0.6) is 0 Å². The number of nitrogens with two attached hydrogens (primary N) is 1. The van der Waals surface area contributed by atoms with E-state index in [2.05, 4.69) is 16.3 Å². The summed E-state index contributed by atoms with van der Waals surface area (Å²) in [5.74, 6) is -0.474. The van der Waals surface area contributed by atoms with Gasteiger partial charge in [-0.15, -0.1) is 0 Å². The van der Waals surface area contributed by atoms with Crippen molar-refractivity contribution >= 4 is 12.0 Å². The molecular formula is C9H7N3O. The number of aromatic amines is 1. The summed E-state index contributed by atoms with van der Waals surface area (Å²) in [4.78, 5) is 10.9. The zero-order chi connectivity index (χ0) is 9.00. The number of carbonyl (C=O) groups is 1. The molecule has 1 aromatic heterocycles. The van der Waals surface area contributed by atoms with E-state index in [9.17, 15) is 4.79 Å². The Hall–Kier alpha value is -1.84. The zero-order valence-electron chi connectivity index (χ0n) is 6.79. The molecule has 0 aromatic carbocycles. The number of hydrogen-bond acceptors (Lipinski definition) is 2. The van der Waals surface area contributed by atoms with E-state index in [0.717, 1.165) is 17.7 Å². The molecule has 2 aliphatic rings. The van der Waals surface area contributed by atoms with Crippen LogP contribution in [0.25, 0.3) is 6.08 Å². The van der Waals surface area contributed by atoms with Gasteiger partial charge in [-0.2, -0.15) is 5.10 Å². The van der Waals surface area contributed by atoms with E-state index in [0.29, 0.717) is 5.69 Å². The fourth-order valence-corrected chi connectivity index (χ4v) is 1.65. The first kappa shape index (κ1) is 6.65. The number of amides is 1. The zero-order valence-corrected chi connectivity index (χ0v) is 6.79. The number of H-pyrrole nitrogens is 1. The monoisotopic (exact) mass is 173 g/mol. The smallest absolute Gasteiger partial charge is 0.269 e. The summed E-state index contributed by atoms with van der Waals surface area (Å²) in [6.45, 7) is 0. The van der Waals surface area contributed by atoms with Crippen molar-refractivity contribution in [1.29, 1.82) is 0 Å². The number of fused-ring (bicyclic) bond motifs is 2. The highest BCUT2D eigenvalue weighted by atomic mass is 16.1. The number of nitrogens with one attached hydrogen (secondary N) is 1. The lowest BCUT2D eigenvalue weighted by atomic mass is 10.0. The molecule has 0 unspecified atom stereocenters. The average molecular weight is 173 g/mol. The summed E-state index contributed by atoms with van der Waals surface area (Å²) >= 11 is 0. The van der Waals surface area contributed by atoms with Crippen LogP contribution in [0, 0.1) is 0 Å². The first-order chi connectivity index (χ1) is 6.25. The van der Waals surface area contributed by atoms with E-state index in [4.69, 9.17) is 5.73 Å². The molecule has 3 rings (SSSR count). The van der Waals surface area contributed by atoms with Crippen molar-refractivity contribution in [2.45, 2.75) is 6.42 Å². The molecule has 2 aliphatic carbocycles. The molecule has 0 aliphatic heterocycles. The van der Waals surface area contributed by atoms with Crippen LogP contribution in [0.1, 0.15) is 21.7 Å². The number of aromatic nitrogens is 2. The van der Waals surface area contributed by atoms with Gasteiger partial charge in [-0.05, 0) is 17.2 Å². The van der Waals surface area contributed by atoms with Gasteiger partial charge in [0.05, 0.1) is 0 Å². The third-order valence-corrected chi connectivity index (χ3v) is 2.40. The lowest BCUT2D eigenvalue weighted by Gasteiger charge is -2.01. The van der Waals surface area contributed by atoms with Crippen LogP contribution in [0.3, 0.4) is 0 Å². The highest BCUT2D eigenvalue weighted by Gasteiger charge is 2.27. The summed E-state index contributed by atoms with van der Waals surface area (Å²) in [6, 6.07) is 0. The Kier molecular flexibility index (Phi) is 0.974. The minimum absolute atomic E-state index is 0.349. The Morgan fingerprint density at radius 3 is 3.15 bits per heavy atom. The molecule has 1 amide bonds. The Labute approximate surface area is 74.1 Å². The maximum Gasteiger partial charge on any atom is 0.269 e. The van der Waals surface area contributed by atoms with Crippen molar-refractivity contribution in [2.75, 3.05) is 0 Å². The Balaban J connectivity index is 2.19. The molecule has 3 N–H and O–H groups in total. The predicted molar refractivity (Wildman–Crippen MR) is 46.9 cm³/mol. The van der Waals surface area contributed by atoms with Crippen LogP contribution in [-0.4, -0.2) is 16.1 Å². The molecule has 13 heavy (non-hydrogen) atoms. The first-order valence-electron chi connectivity index (χ1n) is 4.05. The van der Waals surface area contributed by atoms with Crippen LogP contribution in [0.4, 0.5) is 0 Å². The third-order valence-electron chi connectivity index (χ3n) is 2.40. The second-order valence-electron chi connectivity index (χ2n) is 3.27. The van der Waals surface area contributed by atoms with E-state index in [1.54, 1.807) is 0 Å². The van der Waals surface area contributed by atoms with Gasteiger partial charge in [0, 0.05) is 17.7 Å². The SMILES string of the molecule is NC(=O)c1n[nH]c2c1C=C1C=C1C2. The number of hydrogen-bond donors (Lipinski definition) is 2. The van der Waals surface area contributed by atoms with E-state index < -0.39 is 5.91 Å². The van der Waals surface area contributed by atoms with E-state index in [1.165, 1.54) is 11.1 Å². The van der Waals surface area contributed by atoms with Crippen LogP contribution < -0.4 is 5.73 Å². The van der Waals surface area contributed by atoms with Gasteiger partial charge in [-0.25, -0.2) is 0 Å². The van der Waals surface area contributed by atoms with Crippen LogP contribution in [0.2, 0.25) is 0 Å². The Bertz CT molecular complexity index is 479. The van der Waals surface area contributed by atoms with Crippen molar-refractivity contribution < 1.29 is 4.79 Å². The van der Waals surface area contributed by atoms with Gasteiger partial charge in [0.2, 0.25) is 0 Å². The molecule has 1 aromatic rings. The van der Waals surface area contributed by atoms with Crippen molar-refractivity contribution in [3.05, 3.63) is 34.2 Å². The summed E-state index contributed by atoms with van der Waals surface area (Å²) in [5.41, 5.74) is 9.92. The number of rotatable bonds is 1. The van der Waals surface area contributed by atoms with E-state index >= 15 is 0 Å². The molecule has 0 spiro atoms. The molecule has 1 heterocycles. The first-order valence-corrected chi connectivity index (χ1v) is 4.05. The molecule has 0 fully saturated rings. The summed E-state index contributed by atoms with van der Waals surface area (Å²) in [5, 5.41) is 6.71. The van der Waals surface area contributed by atoms with Crippen molar-refractivity contribution in [1.82, 2.24) is 10.2 Å². The molecule has 64 valence electrons. The number of nitrogens with zero attached hydrogens (tertiary/aromatic N) is 1. The van der Waals surface area contributed by atoms with Gasteiger partial charge in [0.25, 0.3) is 5.91 Å². The van der Waals surface area contributed by atoms with Crippen LogP contribution >= 0.6 is 0 Å². The van der Waals surface area contributed by atoms with Gasteiger partial charge in [0.1, 0.15) is 0 Å². The third kappa shape index (κ3) is 0.796. The maximum atomic E-state index is 10.9. The molecule has 0 atom stereocenters. The minimum Gasteiger partial charge on any atom is -0.364 e. The second kappa shape index (κ2) is 1.90. The second-order valence-corrected chi connectivity index (χ2v) is 3.27. The molecule has 0 radical (unpaired) electrons. The largest absolute Gasteiger partial charge is 0.364 e. The summed E-state index contributed by atoms with van der Waals surface area (Å²) in [7, 11) is 0. The van der Waals surface area contributed by atoms with Gasteiger partial charge < -0.3 is 5.73 Å². The number of carbonyl (C=O) groups excluding carboxylic acids is 1. The lowest BCUT2D eigenvalue weighted by molar-refractivity contribution is 0.0995. The van der Waals surface area contributed by atoms with Crippen molar-refractivity contribution in [3.63, 3.8) is 0 Å². The Morgan fingerprint density at radius 2 is 2.38 bits per heavy atom. The predicted octanol–water partition coefficient (Wildman–Crippen LogP) is 0.388. The maximum absolute atomic E-state index is 10.9. The van der Waals surface area contributed by atoms with Gasteiger partial charge in [-0.3, -0.25) is 9.89 Å². The highest BCUT2D eigenvalue weighted by molar-refractivity contribution is 5.96. The molecule has 4 nitrogen and oxygen atoms in total. The standard InChI is InChI=1S/C9H7N3O/c10-9(13)8-6-2-4-1-5(4)3-7(6)11-12-8/h1-2H,3H2,(H2,10,13)(H,11,12). The molecule has 0 saturated carbocycles. The molecular weight excluding hydrogens is 166 g/mol. The summed E-state index contributed by atoms with van der Waals surface area (Å²) < 4.78 is 0. The van der Waals surface area contributed by atoms with Crippen molar-refractivity contribution in [3.8, 4) is 0 Å². The fraction of sp³-hybridized carbons (Fsp3) is 0.111. The van der Waals surface area contributed by atoms with E-state index in [1.807, 2.05) is 6.08 Å². The summed E-state index contributed by atoms with van der Waals surface area (Å²) in [6.07, 6.45) is 4.90.